The number of hydrogen-bond acceptors (Lipinski definition) is 6. The normalized spacial score (nSPS) is 13.0. The summed E-state index contributed by atoms with van der Waals surface area (Å²) in [5, 5.41) is 3.42. The predicted molar refractivity (Wildman–Crippen MR) is 144 cm³/mol. The number of aromatic nitrogens is 2. The Hall–Kier alpha value is -4.40. The number of aryl methyl sites for hydroxylation is 2. The summed E-state index contributed by atoms with van der Waals surface area (Å²) in [6.45, 7) is 3.12. The molecule has 0 unspecified atom stereocenters. The number of methoxy groups -OCH3 is 1. The van der Waals surface area contributed by atoms with Crippen LogP contribution in [0.15, 0.2) is 53.5 Å². The van der Waals surface area contributed by atoms with Crippen molar-refractivity contribution in [3.63, 3.8) is 0 Å². The standard InChI is InChI=1S/C28H28FN5O3/c1-16-10-20-23(33(4)28(16)36)11-18(37-5)12-24(20)34-9-8-32(3)25-13-19(21(29)14-26(25)34)17-6-7-22(31-15-17)27(35)30-2/h6-7,10-15H,8-9H2,1-5H3,(H,30,35). The Morgan fingerprint density at radius 3 is 2.51 bits per heavy atom. The monoisotopic (exact) mass is 501 g/mol. The number of carbonyl (C=O) groups excluding carboxylic acids is 1. The first kappa shape index (κ1) is 24.3. The fourth-order valence-electron chi connectivity index (χ4n) is 4.87. The molecule has 37 heavy (non-hydrogen) atoms. The first-order valence-electron chi connectivity index (χ1n) is 11.9. The lowest BCUT2D eigenvalue weighted by atomic mass is 10.0. The summed E-state index contributed by atoms with van der Waals surface area (Å²) >= 11 is 0. The molecule has 2 aromatic heterocycles. The largest absolute Gasteiger partial charge is 0.497 e. The summed E-state index contributed by atoms with van der Waals surface area (Å²) in [6, 6.07) is 12.3. The van der Waals surface area contributed by atoms with E-state index < -0.39 is 5.82 Å². The van der Waals surface area contributed by atoms with E-state index in [1.807, 2.05) is 31.3 Å². The molecule has 1 N–H and O–H groups in total. The summed E-state index contributed by atoms with van der Waals surface area (Å²) < 4.78 is 22.8. The predicted octanol–water partition coefficient (Wildman–Crippen LogP) is 4.00. The average molecular weight is 502 g/mol. The second-order valence-corrected chi connectivity index (χ2v) is 9.18. The van der Waals surface area contributed by atoms with Crippen molar-refractivity contribution in [3.05, 3.63) is 76.1 Å². The molecule has 5 rings (SSSR count). The van der Waals surface area contributed by atoms with Gasteiger partial charge >= 0.3 is 0 Å². The van der Waals surface area contributed by atoms with Crippen LogP contribution >= 0.6 is 0 Å². The van der Waals surface area contributed by atoms with Gasteiger partial charge in [-0.1, -0.05) is 6.07 Å². The molecule has 0 aliphatic carbocycles. The second kappa shape index (κ2) is 9.24. The number of nitrogens with zero attached hydrogens (tertiary/aromatic N) is 4. The maximum absolute atomic E-state index is 15.6. The van der Waals surface area contributed by atoms with Crippen LogP contribution < -0.4 is 25.4 Å². The third-order valence-corrected chi connectivity index (χ3v) is 6.96. The van der Waals surface area contributed by atoms with Gasteiger partial charge in [-0.3, -0.25) is 14.6 Å². The van der Waals surface area contributed by atoms with Gasteiger partial charge in [-0.05, 0) is 25.1 Å². The third kappa shape index (κ3) is 4.06. The van der Waals surface area contributed by atoms with Gasteiger partial charge in [0.15, 0.2) is 0 Å². The molecular weight excluding hydrogens is 473 g/mol. The van der Waals surface area contributed by atoms with Crippen LogP contribution in [-0.4, -0.2) is 49.8 Å². The molecule has 2 aromatic carbocycles. The maximum Gasteiger partial charge on any atom is 0.269 e. The van der Waals surface area contributed by atoms with E-state index in [2.05, 4.69) is 20.1 Å². The van der Waals surface area contributed by atoms with Crippen LogP contribution in [0.5, 0.6) is 5.75 Å². The quantitative estimate of drug-likeness (QED) is 0.455. The molecule has 0 spiro atoms. The van der Waals surface area contributed by atoms with Gasteiger partial charge in [0.25, 0.3) is 11.5 Å². The highest BCUT2D eigenvalue weighted by atomic mass is 19.1. The van der Waals surface area contributed by atoms with E-state index in [0.29, 0.717) is 41.2 Å². The highest BCUT2D eigenvalue weighted by molar-refractivity contribution is 5.98. The Labute approximate surface area is 213 Å². The molecule has 9 heteroatoms. The van der Waals surface area contributed by atoms with Crippen molar-refractivity contribution < 1.29 is 13.9 Å². The number of likely N-dealkylation sites (N-methyl/N-ethyl adjacent to an activating group) is 1. The summed E-state index contributed by atoms with van der Waals surface area (Å²) in [5.74, 6) is -0.0865. The number of rotatable bonds is 4. The summed E-state index contributed by atoms with van der Waals surface area (Å²) in [6.07, 6.45) is 1.51. The number of anilines is 3. The fraction of sp³-hybridized carbons (Fsp3) is 0.250. The van der Waals surface area contributed by atoms with Crippen LogP contribution in [0.3, 0.4) is 0 Å². The number of nitrogens with one attached hydrogen (secondary N) is 1. The number of carbonyl (C=O) groups is 1. The molecule has 0 fully saturated rings. The van der Waals surface area contributed by atoms with Crippen LogP contribution in [-0.2, 0) is 7.05 Å². The van der Waals surface area contributed by atoms with E-state index >= 15 is 4.39 Å². The van der Waals surface area contributed by atoms with Gasteiger partial charge < -0.3 is 24.4 Å². The highest BCUT2D eigenvalue weighted by Crippen LogP contribution is 2.44. The second-order valence-electron chi connectivity index (χ2n) is 9.18. The van der Waals surface area contributed by atoms with E-state index in [4.69, 9.17) is 4.74 Å². The number of benzene rings is 2. The highest BCUT2D eigenvalue weighted by Gasteiger charge is 2.26. The molecule has 0 radical (unpaired) electrons. The number of ether oxygens (including phenoxy) is 1. The molecule has 0 atom stereocenters. The molecule has 3 heterocycles. The summed E-state index contributed by atoms with van der Waals surface area (Å²) in [7, 11) is 6.84. The number of halogens is 1. The van der Waals surface area contributed by atoms with Crippen molar-refractivity contribution in [3.8, 4) is 16.9 Å². The van der Waals surface area contributed by atoms with Gasteiger partial charge in [0, 0.05) is 80.7 Å². The molecule has 1 aliphatic heterocycles. The first-order chi connectivity index (χ1) is 17.7. The van der Waals surface area contributed by atoms with Crippen LogP contribution in [0.1, 0.15) is 16.1 Å². The molecule has 0 bridgehead atoms. The van der Waals surface area contributed by atoms with Crippen LogP contribution in [0.4, 0.5) is 21.5 Å². The van der Waals surface area contributed by atoms with Crippen molar-refractivity contribution in [1.82, 2.24) is 14.9 Å². The Bertz CT molecular complexity index is 1600. The summed E-state index contributed by atoms with van der Waals surface area (Å²) in [4.78, 5) is 32.8. The van der Waals surface area contributed by atoms with Gasteiger partial charge in [0.2, 0.25) is 0 Å². The van der Waals surface area contributed by atoms with E-state index in [9.17, 15) is 9.59 Å². The van der Waals surface area contributed by atoms with Gasteiger partial charge in [0.05, 0.1) is 29.7 Å². The zero-order valence-corrected chi connectivity index (χ0v) is 21.4. The topological polar surface area (TPSA) is 79.7 Å². The lowest BCUT2D eigenvalue weighted by Gasteiger charge is -2.38. The fourth-order valence-corrected chi connectivity index (χ4v) is 4.87. The molecule has 190 valence electrons. The number of amides is 1. The minimum absolute atomic E-state index is 0.0720. The Kier molecular flexibility index (Phi) is 6.07. The first-order valence-corrected chi connectivity index (χ1v) is 11.9. The molecule has 4 aromatic rings. The molecule has 8 nitrogen and oxygen atoms in total. The number of fused-ring (bicyclic) bond motifs is 2. The molecule has 0 saturated heterocycles. The molecule has 1 aliphatic rings. The van der Waals surface area contributed by atoms with Crippen molar-refractivity contribution in [2.45, 2.75) is 6.92 Å². The summed E-state index contributed by atoms with van der Waals surface area (Å²) in [5.41, 5.74) is 4.95. The van der Waals surface area contributed by atoms with Gasteiger partial charge in [-0.25, -0.2) is 4.39 Å². The smallest absolute Gasteiger partial charge is 0.269 e. The van der Waals surface area contributed by atoms with Crippen molar-refractivity contribution in [2.24, 2.45) is 7.05 Å². The zero-order chi connectivity index (χ0) is 26.4. The minimum Gasteiger partial charge on any atom is -0.497 e. The van der Waals surface area contributed by atoms with E-state index in [0.717, 1.165) is 22.3 Å². The van der Waals surface area contributed by atoms with Crippen molar-refractivity contribution >= 4 is 33.9 Å². The zero-order valence-electron chi connectivity index (χ0n) is 21.4. The number of pyridine rings is 2. The lowest BCUT2D eigenvalue weighted by molar-refractivity contribution is 0.0958. The number of hydrogen-bond donors (Lipinski definition) is 1. The van der Waals surface area contributed by atoms with Crippen LogP contribution in [0, 0.1) is 12.7 Å². The average Bonchev–Trinajstić information content (AvgIpc) is 2.91. The lowest BCUT2D eigenvalue weighted by Crippen LogP contribution is -2.37. The van der Waals surface area contributed by atoms with Gasteiger partial charge in [0.1, 0.15) is 17.3 Å². The molecule has 1 amide bonds. The minimum atomic E-state index is -0.399. The van der Waals surface area contributed by atoms with E-state index in [-0.39, 0.29) is 17.2 Å². The van der Waals surface area contributed by atoms with Crippen molar-refractivity contribution in [1.29, 1.82) is 0 Å². The van der Waals surface area contributed by atoms with E-state index in [1.165, 1.54) is 19.3 Å². The SMILES string of the molecule is CNC(=O)c1ccc(-c2cc3c(cc2F)N(c2cc(OC)cc4c2cc(C)c(=O)n4C)CCN3C)cn1. The van der Waals surface area contributed by atoms with E-state index in [1.54, 1.807) is 37.8 Å². The van der Waals surface area contributed by atoms with Crippen LogP contribution in [0.2, 0.25) is 0 Å². The Morgan fingerprint density at radius 2 is 1.84 bits per heavy atom. The van der Waals surface area contributed by atoms with Gasteiger partial charge in [-0.15, -0.1) is 0 Å². The third-order valence-electron chi connectivity index (χ3n) is 6.96. The molecular formula is C28H28FN5O3. The molecule has 0 saturated carbocycles. The van der Waals surface area contributed by atoms with Gasteiger partial charge in [-0.2, -0.15) is 0 Å². The Morgan fingerprint density at radius 1 is 1.05 bits per heavy atom. The maximum atomic E-state index is 15.6. The Balaban J connectivity index is 1.67. The van der Waals surface area contributed by atoms with Crippen LogP contribution in [0.25, 0.3) is 22.0 Å². The van der Waals surface area contributed by atoms with Crippen molar-refractivity contribution in [2.75, 3.05) is 44.1 Å².